The van der Waals surface area contributed by atoms with Crippen molar-refractivity contribution in [3.63, 3.8) is 0 Å². The fourth-order valence-corrected chi connectivity index (χ4v) is 2.16. The van der Waals surface area contributed by atoms with Gasteiger partial charge in [0, 0.05) is 19.3 Å². The summed E-state index contributed by atoms with van der Waals surface area (Å²) in [5.74, 6) is 0. The van der Waals surface area contributed by atoms with Crippen molar-refractivity contribution in [3.05, 3.63) is 76.6 Å². The molecule has 0 heterocycles. The molecule has 23 heavy (non-hydrogen) atoms. The van der Waals surface area contributed by atoms with Gasteiger partial charge in [-0.2, -0.15) is 5.26 Å². The quantitative estimate of drug-likeness (QED) is 0.680. The molecular weight excluding hydrogens is 286 g/mol. The zero-order valence-corrected chi connectivity index (χ0v) is 12.9. The van der Waals surface area contributed by atoms with Crippen LogP contribution in [0, 0.1) is 17.9 Å². The van der Waals surface area contributed by atoms with Crippen molar-refractivity contribution >= 4 is 17.5 Å². The first-order valence-electron chi connectivity index (χ1n) is 7.19. The average molecular weight is 303 g/mol. The Morgan fingerprint density at radius 3 is 2.39 bits per heavy atom. The predicted molar refractivity (Wildman–Crippen MR) is 92.4 cm³/mol. The maximum Gasteiger partial charge on any atom is 0.194 e. The van der Waals surface area contributed by atoms with Crippen LogP contribution >= 0.6 is 0 Å². The van der Waals surface area contributed by atoms with Crippen molar-refractivity contribution in [2.75, 3.05) is 25.1 Å². The smallest absolute Gasteiger partial charge is 0.194 e. The van der Waals surface area contributed by atoms with E-state index < -0.39 is 0 Å². The first-order chi connectivity index (χ1) is 11.2. The van der Waals surface area contributed by atoms with Gasteiger partial charge in [-0.1, -0.05) is 24.3 Å². The van der Waals surface area contributed by atoms with Gasteiger partial charge in [-0.25, -0.2) is 4.85 Å². The number of rotatable bonds is 5. The van der Waals surface area contributed by atoms with Gasteiger partial charge >= 0.3 is 0 Å². The second kappa shape index (κ2) is 7.79. The van der Waals surface area contributed by atoms with Crippen LogP contribution in [0.4, 0.5) is 5.69 Å². The summed E-state index contributed by atoms with van der Waals surface area (Å²) in [6.45, 7) is 8.05. The third kappa shape index (κ3) is 4.20. The molecule has 0 aromatic heterocycles. The minimum Gasteiger partial charge on any atom is -0.395 e. The summed E-state index contributed by atoms with van der Waals surface area (Å²) >= 11 is 0. The Balaban J connectivity index is 2.24. The van der Waals surface area contributed by atoms with E-state index in [4.69, 9.17) is 16.9 Å². The highest BCUT2D eigenvalue weighted by atomic mass is 16.3. The molecule has 0 aliphatic heterocycles. The van der Waals surface area contributed by atoms with Crippen molar-refractivity contribution in [2.45, 2.75) is 0 Å². The Kier molecular flexibility index (Phi) is 5.52. The van der Waals surface area contributed by atoms with Gasteiger partial charge in [0.2, 0.25) is 0 Å². The first-order valence-corrected chi connectivity index (χ1v) is 7.19. The summed E-state index contributed by atoms with van der Waals surface area (Å²) in [7, 11) is 1.92. The standard InChI is InChI=1S/C19H17N3O/c1-21-19(17-7-3-16(14-20)4-8-17)13-15-5-9-18(10-6-15)22(2)11-12-23/h3-10,13,23H,11-12H2,2H3/b19-13-. The molecular formula is C19H17N3O. The van der Waals surface area contributed by atoms with Crippen molar-refractivity contribution in [1.29, 1.82) is 5.26 Å². The highest BCUT2D eigenvalue weighted by Crippen LogP contribution is 2.22. The Hall–Kier alpha value is -3.08. The molecule has 2 aromatic carbocycles. The van der Waals surface area contributed by atoms with E-state index in [0.717, 1.165) is 16.8 Å². The molecule has 0 bridgehead atoms. The van der Waals surface area contributed by atoms with Gasteiger partial charge in [-0.05, 0) is 41.5 Å². The van der Waals surface area contributed by atoms with E-state index in [2.05, 4.69) is 10.9 Å². The molecule has 0 saturated carbocycles. The molecule has 114 valence electrons. The SMILES string of the molecule is [C-]#[N+]/C(=C\c1ccc(N(C)CCO)cc1)c1ccc(C#N)cc1. The number of nitriles is 1. The summed E-state index contributed by atoms with van der Waals surface area (Å²) in [6.07, 6.45) is 1.82. The predicted octanol–water partition coefficient (Wildman–Crippen LogP) is 3.40. The lowest BCUT2D eigenvalue weighted by Gasteiger charge is -2.17. The van der Waals surface area contributed by atoms with Crippen LogP contribution in [-0.4, -0.2) is 25.3 Å². The molecule has 4 nitrogen and oxygen atoms in total. The number of nitrogens with zero attached hydrogens (tertiary/aromatic N) is 3. The van der Waals surface area contributed by atoms with Crippen LogP contribution < -0.4 is 4.90 Å². The van der Waals surface area contributed by atoms with Crippen LogP contribution in [-0.2, 0) is 0 Å². The molecule has 2 aromatic rings. The highest BCUT2D eigenvalue weighted by Gasteiger charge is 2.03. The molecule has 0 radical (unpaired) electrons. The molecule has 0 amide bonds. The van der Waals surface area contributed by atoms with Gasteiger partial charge in [-0.15, -0.1) is 0 Å². The van der Waals surface area contributed by atoms with E-state index in [1.165, 1.54) is 0 Å². The second-order valence-corrected chi connectivity index (χ2v) is 5.07. The van der Waals surface area contributed by atoms with Crippen molar-refractivity contribution in [3.8, 4) is 6.07 Å². The molecule has 0 saturated heterocycles. The van der Waals surface area contributed by atoms with Crippen LogP contribution in [0.25, 0.3) is 16.6 Å². The molecule has 0 fully saturated rings. The number of hydrogen-bond donors (Lipinski definition) is 1. The van der Waals surface area contributed by atoms with Gasteiger partial charge in [-0.3, -0.25) is 0 Å². The fraction of sp³-hybridized carbons (Fsp3) is 0.158. The monoisotopic (exact) mass is 303 g/mol. The molecule has 0 spiro atoms. The molecule has 0 aliphatic rings. The Labute approximate surface area is 136 Å². The largest absolute Gasteiger partial charge is 0.395 e. The van der Waals surface area contributed by atoms with Crippen LogP contribution in [0.15, 0.2) is 48.5 Å². The number of aliphatic hydroxyl groups is 1. The third-order valence-electron chi connectivity index (χ3n) is 3.50. The van der Waals surface area contributed by atoms with Gasteiger partial charge in [0.05, 0.1) is 24.8 Å². The van der Waals surface area contributed by atoms with E-state index in [1.807, 2.05) is 42.3 Å². The van der Waals surface area contributed by atoms with E-state index in [9.17, 15) is 0 Å². The molecule has 0 aliphatic carbocycles. The van der Waals surface area contributed by atoms with Crippen LogP contribution in [0.2, 0.25) is 0 Å². The fourth-order valence-electron chi connectivity index (χ4n) is 2.16. The molecule has 1 N–H and O–H groups in total. The van der Waals surface area contributed by atoms with E-state index in [1.54, 1.807) is 24.3 Å². The minimum atomic E-state index is 0.110. The van der Waals surface area contributed by atoms with Crippen molar-refractivity contribution in [2.24, 2.45) is 0 Å². The molecule has 4 heteroatoms. The zero-order chi connectivity index (χ0) is 16.7. The van der Waals surface area contributed by atoms with E-state index in [-0.39, 0.29) is 6.61 Å². The normalized spacial score (nSPS) is 10.7. The van der Waals surface area contributed by atoms with Crippen molar-refractivity contribution in [1.82, 2.24) is 0 Å². The first kappa shape index (κ1) is 16.3. The zero-order valence-electron chi connectivity index (χ0n) is 12.9. The van der Waals surface area contributed by atoms with Gasteiger partial charge in [0.15, 0.2) is 5.70 Å². The lowest BCUT2D eigenvalue weighted by atomic mass is 10.1. The highest BCUT2D eigenvalue weighted by molar-refractivity contribution is 5.85. The van der Waals surface area contributed by atoms with Crippen LogP contribution in [0.5, 0.6) is 0 Å². The maximum absolute atomic E-state index is 8.96. The average Bonchev–Trinajstić information content (AvgIpc) is 2.60. The maximum atomic E-state index is 8.96. The molecule has 0 unspecified atom stereocenters. The number of aliphatic hydroxyl groups excluding tert-OH is 1. The number of likely N-dealkylation sites (N-methyl/N-ethyl adjacent to an activating group) is 1. The Morgan fingerprint density at radius 2 is 1.87 bits per heavy atom. The summed E-state index contributed by atoms with van der Waals surface area (Å²) in [5.41, 5.74) is 3.85. The van der Waals surface area contributed by atoms with Gasteiger partial charge < -0.3 is 10.0 Å². The lowest BCUT2D eigenvalue weighted by Crippen LogP contribution is -2.20. The van der Waals surface area contributed by atoms with Gasteiger partial charge in [0.25, 0.3) is 0 Å². The van der Waals surface area contributed by atoms with E-state index >= 15 is 0 Å². The summed E-state index contributed by atoms with van der Waals surface area (Å²) in [5, 5.41) is 17.8. The van der Waals surface area contributed by atoms with Crippen LogP contribution in [0.1, 0.15) is 16.7 Å². The number of hydrogen-bond acceptors (Lipinski definition) is 3. The number of anilines is 1. The third-order valence-corrected chi connectivity index (χ3v) is 3.50. The summed E-state index contributed by atoms with van der Waals surface area (Å²) in [6, 6.07) is 16.9. The summed E-state index contributed by atoms with van der Waals surface area (Å²) in [4.78, 5) is 5.54. The minimum absolute atomic E-state index is 0.110. The van der Waals surface area contributed by atoms with Crippen LogP contribution in [0.3, 0.4) is 0 Å². The number of benzene rings is 2. The molecule has 2 rings (SSSR count). The summed E-state index contributed by atoms with van der Waals surface area (Å²) < 4.78 is 0. The van der Waals surface area contributed by atoms with Crippen molar-refractivity contribution < 1.29 is 5.11 Å². The Bertz CT molecular complexity index is 762. The van der Waals surface area contributed by atoms with Gasteiger partial charge in [0.1, 0.15) is 0 Å². The Morgan fingerprint density at radius 1 is 1.22 bits per heavy atom. The van der Waals surface area contributed by atoms with E-state index in [0.29, 0.717) is 17.8 Å². The second-order valence-electron chi connectivity index (χ2n) is 5.07. The topological polar surface area (TPSA) is 51.6 Å². The molecule has 0 atom stereocenters. The lowest BCUT2D eigenvalue weighted by molar-refractivity contribution is 0.304.